The maximum Gasteiger partial charge on any atom is 0.407 e. The van der Waals surface area contributed by atoms with E-state index in [0.717, 1.165) is 4.90 Å². The van der Waals surface area contributed by atoms with Crippen LogP contribution in [0.3, 0.4) is 0 Å². The van der Waals surface area contributed by atoms with Crippen molar-refractivity contribution in [3.8, 4) is 0 Å². The molecule has 1 aliphatic rings. The first-order chi connectivity index (χ1) is 10.9. The molecule has 2 N–H and O–H groups in total. The number of rotatable bonds is 3. The number of carbonyl (C=O) groups is 1. The number of hydrogen-bond donors (Lipinski definition) is 2. The Labute approximate surface area is 141 Å². The molecule has 0 saturated carbocycles. The molecule has 1 aromatic rings. The van der Waals surface area contributed by atoms with E-state index in [1.54, 1.807) is 12.1 Å². The van der Waals surface area contributed by atoms with Crippen LogP contribution in [0.1, 0.15) is 11.7 Å². The Kier molecular flexibility index (Phi) is 5.56. The van der Waals surface area contributed by atoms with Crippen molar-refractivity contribution in [1.82, 2.24) is 4.90 Å². The highest BCUT2D eigenvalue weighted by Crippen LogP contribution is 2.36. The molecule has 0 aromatic heterocycles. The molecular formula is C13H14Cl2N4O4. The van der Waals surface area contributed by atoms with Gasteiger partial charge < -0.3 is 19.8 Å². The third-order valence-corrected chi connectivity index (χ3v) is 4.26. The molecule has 0 aliphatic carbocycles. The quantitative estimate of drug-likeness (QED) is 0.488. The van der Waals surface area contributed by atoms with Gasteiger partial charge in [0.15, 0.2) is 0 Å². The molecule has 8 nitrogen and oxygen atoms in total. The number of benzene rings is 1. The van der Waals surface area contributed by atoms with Crippen LogP contribution < -0.4 is 0 Å². The summed E-state index contributed by atoms with van der Waals surface area (Å²) >= 11 is 11.9. The van der Waals surface area contributed by atoms with Crippen LogP contribution in [-0.4, -0.2) is 53.0 Å². The number of halogens is 2. The summed E-state index contributed by atoms with van der Waals surface area (Å²) in [6.07, 6.45) is -2.10. The van der Waals surface area contributed by atoms with E-state index < -0.39 is 17.8 Å². The third kappa shape index (κ3) is 3.99. The highest BCUT2D eigenvalue weighted by molar-refractivity contribution is 6.42. The predicted octanol–water partition coefficient (Wildman–Crippen LogP) is 3.09. The molecule has 2 atom stereocenters. The van der Waals surface area contributed by atoms with Gasteiger partial charge >= 0.3 is 6.09 Å². The number of carboxylic acid groups (broad SMARTS) is 1. The van der Waals surface area contributed by atoms with Gasteiger partial charge in [-0.25, -0.2) is 4.79 Å². The molecule has 0 radical (unpaired) electrons. The van der Waals surface area contributed by atoms with E-state index in [2.05, 4.69) is 10.0 Å². The maximum atomic E-state index is 11.2. The number of hydrogen-bond acceptors (Lipinski definition) is 4. The van der Waals surface area contributed by atoms with Crippen molar-refractivity contribution in [2.24, 2.45) is 5.11 Å². The van der Waals surface area contributed by atoms with Crippen LogP contribution in [-0.2, 0) is 4.74 Å². The van der Waals surface area contributed by atoms with E-state index in [0.29, 0.717) is 10.6 Å². The molecule has 0 spiro atoms. The Hall–Kier alpha value is -1.70. The minimum Gasteiger partial charge on any atom is -0.465 e. The van der Waals surface area contributed by atoms with Crippen LogP contribution >= 0.6 is 23.2 Å². The lowest BCUT2D eigenvalue weighted by molar-refractivity contribution is -0.0928. The molecule has 1 amide bonds. The average Bonchev–Trinajstić information content (AvgIpc) is 2.68. The minimum absolute atomic E-state index is 0.0792. The van der Waals surface area contributed by atoms with Crippen molar-refractivity contribution < 1.29 is 19.7 Å². The van der Waals surface area contributed by atoms with Crippen LogP contribution in [0.25, 0.3) is 10.4 Å². The third-order valence-electron chi connectivity index (χ3n) is 3.52. The van der Waals surface area contributed by atoms with Crippen molar-refractivity contribution in [1.29, 1.82) is 0 Å². The first-order valence-corrected chi connectivity index (χ1v) is 7.40. The number of azide groups is 1. The second kappa shape index (κ2) is 7.25. The SMILES string of the molecule is [N-]=[N+]=NCC1(O)CN(C(=O)O)CCOC1c1ccc(Cl)c(Cl)c1. The first-order valence-electron chi connectivity index (χ1n) is 6.65. The first kappa shape index (κ1) is 17.7. The molecule has 10 heteroatoms. The summed E-state index contributed by atoms with van der Waals surface area (Å²) in [6.45, 7) is -0.439. The molecule has 1 aliphatic heterocycles. The molecule has 124 valence electrons. The van der Waals surface area contributed by atoms with E-state index in [1.165, 1.54) is 6.07 Å². The molecule has 2 unspecified atom stereocenters. The van der Waals surface area contributed by atoms with Gasteiger partial charge in [-0.2, -0.15) is 0 Å². The lowest BCUT2D eigenvalue weighted by Crippen LogP contribution is -2.49. The smallest absolute Gasteiger partial charge is 0.407 e. The molecular weight excluding hydrogens is 347 g/mol. The summed E-state index contributed by atoms with van der Waals surface area (Å²) in [7, 11) is 0. The van der Waals surface area contributed by atoms with Crippen LogP contribution in [0.15, 0.2) is 23.3 Å². The highest BCUT2D eigenvalue weighted by Gasteiger charge is 2.43. The zero-order chi connectivity index (χ0) is 17.0. The van der Waals surface area contributed by atoms with Gasteiger partial charge in [-0.15, -0.1) is 0 Å². The molecule has 1 fully saturated rings. The Morgan fingerprint density at radius 1 is 1.52 bits per heavy atom. The van der Waals surface area contributed by atoms with Crippen molar-refractivity contribution in [2.45, 2.75) is 11.7 Å². The van der Waals surface area contributed by atoms with Crippen LogP contribution in [0.4, 0.5) is 4.79 Å². The highest BCUT2D eigenvalue weighted by atomic mass is 35.5. The molecule has 2 rings (SSSR count). The van der Waals surface area contributed by atoms with Gasteiger partial charge in [-0.3, -0.25) is 0 Å². The normalized spacial score (nSPS) is 24.7. The van der Waals surface area contributed by atoms with Gasteiger partial charge in [0.1, 0.15) is 11.7 Å². The molecule has 0 bridgehead atoms. The second-order valence-corrected chi connectivity index (χ2v) is 5.94. The zero-order valence-corrected chi connectivity index (χ0v) is 13.4. The lowest BCUT2D eigenvalue weighted by atomic mass is 9.90. The summed E-state index contributed by atoms with van der Waals surface area (Å²) in [6, 6.07) is 4.71. The van der Waals surface area contributed by atoms with Gasteiger partial charge in [-0.1, -0.05) is 34.4 Å². The van der Waals surface area contributed by atoms with E-state index in [-0.39, 0.29) is 31.3 Å². The molecule has 1 saturated heterocycles. The Bertz CT molecular complexity index is 653. The summed E-state index contributed by atoms with van der Waals surface area (Å²) in [5.41, 5.74) is 7.32. The van der Waals surface area contributed by atoms with Crippen molar-refractivity contribution in [3.63, 3.8) is 0 Å². The molecule has 23 heavy (non-hydrogen) atoms. The van der Waals surface area contributed by atoms with E-state index in [1.807, 2.05) is 0 Å². The van der Waals surface area contributed by atoms with Crippen LogP contribution in [0.5, 0.6) is 0 Å². The largest absolute Gasteiger partial charge is 0.465 e. The lowest BCUT2D eigenvalue weighted by Gasteiger charge is -2.34. The molecule has 1 aromatic carbocycles. The number of nitrogens with zero attached hydrogens (tertiary/aromatic N) is 4. The zero-order valence-electron chi connectivity index (χ0n) is 11.9. The number of amides is 1. The maximum absolute atomic E-state index is 11.2. The van der Waals surface area contributed by atoms with Gasteiger partial charge in [0.05, 0.1) is 29.7 Å². The summed E-state index contributed by atoms with van der Waals surface area (Å²) in [4.78, 5) is 14.9. The van der Waals surface area contributed by atoms with Gasteiger partial charge in [0, 0.05) is 11.5 Å². The summed E-state index contributed by atoms with van der Waals surface area (Å²) < 4.78 is 5.64. The van der Waals surface area contributed by atoms with E-state index in [9.17, 15) is 15.0 Å². The monoisotopic (exact) mass is 360 g/mol. The predicted molar refractivity (Wildman–Crippen MR) is 83.7 cm³/mol. The molecule has 1 heterocycles. The standard InChI is InChI=1S/C13H14Cl2N4O4/c14-9-2-1-8(5-10(9)15)11-13(22,6-17-18-16)7-19(12(20)21)3-4-23-11/h1-2,5,11,22H,3-4,6-7H2,(H,20,21). The second-order valence-electron chi connectivity index (χ2n) is 5.12. The van der Waals surface area contributed by atoms with Crippen LogP contribution in [0.2, 0.25) is 10.0 Å². The number of aliphatic hydroxyl groups is 1. The van der Waals surface area contributed by atoms with Gasteiger partial charge in [0.2, 0.25) is 0 Å². The van der Waals surface area contributed by atoms with Crippen molar-refractivity contribution >= 4 is 29.3 Å². The Morgan fingerprint density at radius 2 is 2.26 bits per heavy atom. The van der Waals surface area contributed by atoms with Gasteiger partial charge in [0.25, 0.3) is 0 Å². The van der Waals surface area contributed by atoms with Crippen molar-refractivity contribution in [3.05, 3.63) is 44.3 Å². The fourth-order valence-corrected chi connectivity index (χ4v) is 2.77. The summed E-state index contributed by atoms with van der Waals surface area (Å²) in [5.74, 6) is 0. The van der Waals surface area contributed by atoms with Gasteiger partial charge in [-0.05, 0) is 23.2 Å². The van der Waals surface area contributed by atoms with E-state index in [4.69, 9.17) is 33.5 Å². The summed E-state index contributed by atoms with van der Waals surface area (Å²) in [5, 5.41) is 24.1. The fraction of sp³-hybridized carbons (Fsp3) is 0.462. The van der Waals surface area contributed by atoms with Crippen LogP contribution in [0, 0.1) is 0 Å². The van der Waals surface area contributed by atoms with E-state index >= 15 is 0 Å². The minimum atomic E-state index is -1.72. The Morgan fingerprint density at radius 3 is 2.87 bits per heavy atom. The topological polar surface area (TPSA) is 119 Å². The fourth-order valence-electron chi connectivity index (χ4n) is 2.46. The van der Waals surface area contributed by atoms with Crippen molar-refractivity contribution in [2.75, 3.05) is 26.2 Å². The number of β-amino-alcohol motifs (C(OH)–C–C–N with tert-alkyl or cyclic N) is 1. The number of ether oxygens (including phenoxy) is 1. The average molecular weight is 361 g/mol. The Balaban J connectivity index is 2.42.